The van der Waals surface area contributed by atoms with Crippen molar-refractivity contribution in [2.24, 2.45) is 35.5 Å². The maximum atomic E-state index is 14.6. The molecule has 3 heterocycles. The molecular formula is C58H92N2O15. The standard InChI is InChI=1S/C58H92N2O15/c1-36-18-13-12-14-19-37(2)48(72-28-17-21-51(63)59(8)9)34-44-24-22-42(7)58(69,75-44)55(66)56(67)60-26-16-15-20-45(60)57(68)74-49(39(4)32-43-23-25-47(73-29-27-61)50(33-43)70-10)35-46(62)38(3)31-41(6)53(65)54(71-11)52(64)40(5)30-36/h12-14,18-19,31,36,38-40,42-45,47-50,53-54,61,65,69H,15-17,20-30,32-35H2,1-11H3/b14-12+,18-13+,37-19+,41-31+/t36-,38-,39-,40-,42-,43+,44+,45+,47-,48+,49+,50-,53-,54+,58-/m1/s1. The number of carbonyl (C=O) groups is 6. The summed E-state index contributed by atoms with van der Waals surface area (Å²) in [5.74, 6) is -8.34. The van der Waals surface area contributed by atoms with Gasteiger partial charge in [-0.2, -0.15) is 0 Å². The molecule has 0 aromatic rings. The van der Waals surface area contributed by atoms with Gasteiger partial charge in [-0.25, -0.2) is 4.79 Å². The minimum absolute atomic E-state index is 0.0219. The molecule has 2 saturated heterocycles. The van der Waals surface area contributed by atoms with Crippen LogP contribution in [0.1, 0.15) is 138 Å². The van der Waals surface area contributed by atoms with Crippen LogP contribution in [-0.2, 0) is 57.2 Å². The molecule has 2 bridgehead atoms. The summed E-state index contributed by atoms with van der Waals surface area (Å²) >= 11 is 0. The third kappa shape index (κ3) is 18.3. The van der Waals surface area contributed by atoms with Gasteiger partial charge in [0, 0.05) is 78.5 Å². The quantitative estimate of drug-likeness (QED) is 0.0782. The summed E-state index contributed by atoms with van der Waals surface area (Å²) < 4.78 is 36.3. The van der Waals surface area contributed by atoms with Crippen molar-refractivity contribution in [2.45, 2.75) is 193 Å². The maximum absolute atomic E-state index is 14.6. The first kappa shape index (κ1) is 63.6. The van der Waals surface area contributed by atoms with E-state index in [1.54, 1.807) is 55.0 Å². The highest BCUT2D eigenvalue weighted by Gasteiger charge is 2.53. The number of rotatable bonds is 13. The van der Waals surface area contributed by atoms with Gasteiger partial charge in [0.05, 0.1) is 37.6 Å². The van der Waals surface area contributed by atoms with Crippen LogP contribution in [0.4, 0.5) is 0 Å². The number of Topliss-reactive ketones (excluding diaryl/α,β-unsaturated/α-hetero) is 3. The number of nitrogens with zero attached hydrogens (tertiary/aromatic N) is 2. The van der Waals surface area contributed by atoms with Crippen molar-refractivity contribution in [3.05, 3.63) is 47.6 Å². The Bertz CT molecular complexity index is 2020. The van der Waals surface area contributed by atoms with E-state index < -0.39 is 77.8 Å². The molecule has 2 amide bonds. The number of hydrogen-bond donors (Lipinski definition) is 3. The molecule has 4 rings (SSSR count). The molecule has 3 aliphatic heterocycles. The van der Waals surface area contributed by atoms with Crippen LogP contribution in [0.15, 0.2) is 47.6 Å². The first-order chi connectivity index (χ1) is 35.6. The molecule has 0 aromatic heterocycles. The van der Waals surface area contributed by atoms with Gasteiger partial charge in [-0.1, -0.05) is 71.1 Å². The highest BCUT2D eigenvalue weighted by molar-refractivity contribution is 6.39. The number of piperidine rings is 1. The Balaban J connectivity index is 1.71. The van der Waals surface area contributed by atoms with E-state index in [1.165, 1.54) is 16.9 Å². The Morgan fingerprint density at radius 3 is 2.29 bits per heavy atom. The Morgan fingerprint density at radius 2 is 1.61 bits per heavy atom. The van der Waals surface area contributed by atoms with Crippen molar-refractivity contribution in [3.63, 3.8) is 0 Å². The molecule has 3 N–H and O–H groups in total. The van der Waals surface area contributed by atoms with Gasteiger partial charge in [0.2, 0.25) is 11.7 Å². The first-order valence-corrected chi connectivity index (χ1v) is 27.6. The third-order valence-electron chi connectivity index (χ3n) is 15.9. The normalized spacial score (nSPS) is 36.5. The Hall–Kier alpha value is -3.94. The number of esters is 1. The number of aliphatic hydroxyl groups excluding tert-OH is 2. The van der Waals surface area contributed by atoms with Crippen molar-refractivity contribution >= 4 is 35.1 Å². The van der Waals surface area contributed by atoms with Crippen LogP contribution in [0.25, 0.3) is 0 Å². The fourth-order valence-corrected chi connectivity index (χ4v) is 11.1. The average molecular weight is 1060 g/mol. The second-order valence-corrected chi connectivity index (χ2v) is 22.2. The van der Waals surface area contributed by atoms with E-state index >= 15 is 0 Å². The number of methoxy groups -OCH3 is 2. The molecule has 0 unspecified atom stereocenters. The lowest BCUT2D eigenvalue weighted by Crippen LogP contribution is -2.61. The van der Waals surface area contributed by atoms with Crippen molar-refractivity contribution in [1.82, 2.24) is 9.80 Å². The van der Waals surface area contributed by atoms with E-state index in [0.29, 0.717) is 63.4 Å². The zero-order valence-corrected chi connectivity index (χ0v) is 46.9. The molecule has 75 heavy (non-hydrogen) atoms. The lowest BCUT2D eigenvalue weighted by molar-refractivity contribution is -0.266. The van der Waals surface area contributed by atoms with Gasteiger partial charge in [0.25, 0.3) is 11.7 Å². The molecule has 0 spiro atoms. The molecule has 1 saturated carbocycles. The Kier molecular flexibility index (Phi) is 26.2. The predicted molar refractivity (Wildman–Crippen MR) is 283 cm³/mol. The lowest BCUT2D eigenvalue weighted by atomic mass is 9.78. The van der Waals surface area contributed by atoms with E-state index in [9.17, 15) is 44.1 Å². The molecule has 17 nitrogen and oxygen atoms in total. The number of aliphatic hydroxyl groups is 3. The number of amides is 2. The van der Waals surface area contributed by atoms with Crippen molar-refractivity contribution < 1.29 is 72.5 Å². The van der Waals surface area contributed by atoms with Gasteiger partial charge < -0.3 is 53.5 Å². The number of carbonyl (C=O) groups excluding carboxylic acids is 6. The minimum atomic E-state index is -2.50. The molecule has 424 valence electrons. The number of allylic oxidation sites excluding steroid dienone is 6. The zero-order valence-electron chi connectivity index (χ0n) is 46.9. The largest absolute Gasteiger partial charge is 0.460 e. The van der Waals surface area contributed by atoms with Gasteiger partial charge in [-0.15, -0.1) is 0 Å². The molecule has 17 heteroatoms. The smallest absolute Gasteiger partial charge is 0.329 e. The highest BCUT2D eigenvalue weighted by Crippen LogP contribution is 2.38. The van der Waals surface area contributed by atoms with Crippen LogP contribution in [0, 0.1) is 35.5 Å². The SMILES string of the molecule is CO[C@@H]1C[C@H](C[C@@H](C)[C@@H]2CC(=O)[C@H](C)/C=C(\C)[C@@H](O)[C@@H](OC)C(=O)[C@H](C)C[C@H](C)/C=C/C=C/C=C(\C)[C@@H](OCCCC(=O)N(C)C)C[C@@H]3CC[C@@H](C)[C@@](O)(O3)C(=O)C(=O)N3CCCC[C@H]3C(=O)O2)CC[C@H]1OCCO. The van der Waals surface area contributed by atoms with E-state index in [1.807, 2.05) is 51.2 Å². The van der Waals surface area contributed by atoms with Crippen molar-refractivity contribution in [2.75, 3.05) is 54.7 Å². The number of cyclic esters (lactones) is 1. The minimum Gasteiger partial charge on any atom is -0.460 e. The maximum Gasteiger partial charge on any atom is 0.329 e. The van der Waals surface area contributed by atoms with Crippen LogP contribution < -0.4 is 0 Å². The van der Waals surface area contributed by atoms with E-state index in [0.717, 1.165) is 12.0 Å². The number of ether oxygens (including phenoxy) is 6. The average Bonchev–Trinajstić information content (AvgIpc) is 3.38. The van der Waals surface area contributed by atoms with Crippen LogP contribution in [-0.4, -0.2) is 169 Å². The zero-order chi connectivity index (χ0) is 55.6. The second kappa shape index (κ2) is 30.9. The monoisotopic (exact) mass is 1060 g/mol. The number of fused-ring (bicyclic) bond motifs is 3. The summed E-state index contributed by atoms with van der Waals surface area (Å²) in [5, 5.41) is 33.1. The summed E-state index contributed by atoms with van der Waals surface area (Å²) in [4.78, 5) is 86.7. The third-order valence-corrected chi connectivity index (χ3v) is 15.9. The van der Waals surface area contributed by atoms with Gasteiger partial charge in [0.15, 0.2) is 5.78 Å². The lowest BCUT2D eigenvalue weighted by Gasteiger charge is -2.43. The van der Waals surface area contributed by atoms with Gasteiger partial charge in [-0.3, -0.25) is 24.0 Å². The molecule has 15 atom stereocenters. The number of hydrogen-bond acceptors (Lipinski definition) is 15. The molecule has 1 aliphatic carbocycles. The topological polar surface area (TPSA) is 225 Å². The van der Waals surface area contributed by atoms with Gasteiger partial charge in [-0.05, 0) is 113 Å². The van der Waals surface area contributed by atoms with Crippen LogP contribution >= 0.6 is 0 Å². The van der Waals surface area contributed by atoms with Gasteiger partial charge in [0.1, 0.15) is 30.1 Å². The van der Waals surface area contributed by atoms with E-state index in [-0.39, 0.29) is 99.5 Å². The molecular weight excluding hydrogens is 965 g/mol. The molecule has 3 fully saturated rings. The Morgan fingerprint density at radius 1 is 0.880 bits per heavy atom. The molecule has 0 aromatic carbocycles. The number of ketones is 3. The predicted octanol–water partition coefficient (Wildman–Crippen LogP) is 6.44. The molecule has 4 aliphatic rings. The van der Waals surface area contributed by atoms with Crippen LogP contribution in [0.5, 0.6) is 0 Å². The summed E-state index contributed by atoms with van der Waals surface area (Å²) in [7, 11) is 6.39. The fraction of sp³-hybridized carbons (Fsp3) is 0.759. The molecule has 0 radical (unpaired) electrons. The Labute approximate surface area is 446 Å². The van der Waals surface area contributed by atoms with E-state index in [2.05, 4.69) is 0 Å². The van der Waals surface area contributed by atoms with Crippen molar-refractivity contribution in [3.8, 4) is 0 Å². The fourth-order valence-electron chi connectivity index (χ4n) is 11.1. The van der Waals surface area contributed by atoms with Crippen molar-refractivity contribution in [1.29, 1.82) is 0 Å². The summed E-state index contributed by atoms with van der Waals surface area (Å²) in [6.45, 7) is 13.0. The summed E-state index contributed by atoms with van der Waals surface area (Å²) in [5.41, 5.74) is 1.20. The van der Waals surface area contributed by atoms with Crippen LogP contribution in [0.3, 0.4) is 0 Å². The highest BCUT2D eigenvalue weighted by atomic mass is 16.6. The van der Waals surface area contributed by atoms with Gasteiger partial charge >= 0.3 is 5.97 Å². The summed E-state index contributed by atoms with van der Waals surface area (Å²) in [6, 6.07) is -1.18. The van der Waals surface area contributed by atoms with E-state index in [4.69, 9.17) is 28.4 Å². The second-order valence-electron chi connectivity index (χ2n) is 22.2. The first-order valence-electron chi connectivity index (χ1n) is 27.6. The summed E-state index contributed by atoms with van der Waals surface area (Å²) in [6.07, 6.45) is 12.0. The van der Waals surface area contributed by atoms with Crippen LogP contribution in [0.2, 0.25) is 0 Å².